The number of hydrogen-bond acceptors (Lipinski definition) is 8. The van der Waals surface area contributed by atoms with Crippen LogP contribution in [0.25, 0.3) is 0 Å². The molecule has 210 valence electrons. The van der Waals surface area contributed by atoms with Crippen LogP contribution in [-0.2, 0) is 25.7 Å². The van der Waals surface area contributed by atoms with Crippen LogP contribution in [0.2, 0.25) is 0 Å². The highest BCUT2D eigenvalue weighted by atomic mass is 33.1. The lowest BCUT2D eigenvalue weighted by Crippen LogP contribution is -2.52. The lowest BCUT2D eigenvalue weighted by molar-refractivity contribution is -0.148. The summed E-state index contributed by atoms with van der Waals surface area (Å²) in [6, 6.07) is 8.70. The number of benzene rings is 1. The number of ether oxygens (including phenoxy) is 2. The van der Waals surface area contributed by atoms with E-state index >= 15 is 0 Å². The van der Waals surface area contributed by atoms with E-state index in [-0.39, 0.29) is 34.9 Å². The zero-order valence-electron chi connectivity index (χ0n) is 22.8. The van der Waals surface area contributed by atoms with Crippen LogP contribution in [0.3, 0.4) is 0 Å². The van der Waals surface area contributed by atoms with E-state index in [0.717, 1.165) is 18.4 Å². The summed E-state index contributed by atoms with van der Waals surface area (Å²) >= 11 is 0. The van der Waals surface area contributed by atoms with Gasteiger partial charge in [-0.25, -0.2) is 0 Å². The van der Waals surface area contributed by atoms with Gasteiger partial charge in [-0.05, 0) is 30.7 Å². The molecule has 1 aromatic carbocycles. The first-order valence-corrected chi connectivity index (χ1v) is 15.4. The third kappa shape index (κ3) is 12.9. The Labute approximate surface area is 230 Å². The summed E-state index contributed by atoms with van der Waals surface area (Å²) < 4.78 is 12.7. The van der Waals surface area contributed by atoms with Crippen LogP contribution < -0.4 is 16.4 Å². The highest BCUT2D eigenvalue weighted by Gasteiger charge is 2.33. The maximum Gasteiger partial charge on any atom is 0.320 e. The summed E-state index contributed by atoms with van der Waals surface area (Å²) in [5.74, 6) is -0.275. The fourth-order valence-corrected chi connectivity index (χ4v) is 6.37. The Bertz CT molecular complexity index is 822. The number of carbonyl (C=O) groups is 2. The molecule has 0 radical (unpaired) electrons. The minimum absolute atomic E-state index is 0.105. The first kappa shape index (κ1) is 31.9. The van der Waals surface area contributed by atoms with Crippen LogP contribution in [0.5, 0.6) is 0 Å². The minimum Gasteiger partial charge on any atom is -0.480 e. The van der Waals surface area contributed by atoms with E-state index in [1.807, 2.05) is 44.2 Å². The molecule has 0 aliphatic carbocycles. The monoisotopic (exact) mass is 555 g/mol. The van der Waals surface area contributed by atoms with Crippen LogP contribution >= 0.6 is 21.6 Å². The van der Waals surface area contributed by atoms with Gasteiger partial charge in [0, 0.05) is 23.6 Å². The summed E-state index contributed by atoms with van der Waals surface area (Å²) in [5.41, 5.74) is 7.16. The van der Waals surface area contributed by atoms with Gasteiger partial charge in [-0.1, -0.05) is 86.5 Å². The summed E-state index contributed by atoms with van der Waals surface area (Å²) in [4.78, 5) is 24.3. The van der Waals surface area contributed by atoms with Crippen molar-refractivity contribution in [1.29, 1.82) is 0 Å². The van der Waals surface area contributed by atoms with Gasteiger partial charge >= 0.3 is 5.97 Å². The van der Waals surface area contributed by atoms with E-state index in [0.29, 0.717) is 31.9 Å². The molecule has 2 rings (SSSR count). The first-order chi connectivity index (χ1) is 17.4. The van der Waals surface area contributed by atoms with Gasteiger partial charge in [0.15, 0.2) is 0 Å². The minimum atomic E-state index is -0.869. The van der Waals surface area contributed by atoms with Crippen molar-refractivity contribution in [2.24, 2.45) is 11.7 Å². The zero-order chi connectivity index (χ0) is 27.4. The summed E-state index contributed by atoms with van der Waals surface area (Å²) in [6.45, 7) is 11.6. The summed E-state index contributed by atoms with van der Waals surface area (Å²) in [7, 11) is 3.32. The molecule has 0 bridgehead atoms. The van der Waals surface area contributed by atoms with E-state index < -0.39 is 18.1 Å². The van der Waals surface area contributed by atoms with Gasteiger partial charge in [0.2, 0.25) is 5.91 Å². The van der Waals surface area contributed by atoms with Crippen LogP contribution in [0.15, 0.2) is 30.3 Å². The Balaban J connectivity index is 1.92. The zero-order valence-corrected chi connectivity index (χ0v) is 24.4. The number of carbonyl (C=O) groups excluding carboxylic acids is 1. The largest absolute Gasteiger partial charge is 0.480 e. The third-order valence-corrected chi connectivity index (χ3v) is 9.20. The standard InChI is InChI=1S/C27H45N3O5S2/c1-18(2)13-22(26(32)33)29-15-24-23(34-16-19-9-7-6-8-10-19)12-11-20(35-24)14-30-25(31)21(28)17-36-37-27(3,4)5/h6-10,18,20-24,29H,11-17,28H2,1-5H3,(H,30,31)(H,32,33)/t20-,21-,22-,23-,24+/m0/s1. The Hall–Kier alpha value is -1.30. The van der Waals surface area contributed by atoms with Crippen LogP contribution in [-0.4, -0.2) is 71.0 Å². The normalized spacial score (nSPS) is 22.0. The average Bonchev–Trinajstić information content (AvgIpc) is 2.83. The number of aliphatic carboxylic acids is 1. The molecule has 0 unspecified atom stereocenters. The van der Waals surface area contributed by atoms with Crippen molar-refractivity contribution in [2.45, 2.75) is 95.6 Å². The highest BCUT2D eigenvalue weighted by Crippen LogP contribution is 2.35. The summed E-state index contributed by atoms with van der Waals surface area (Å²) in [5, 5.41) is 15.7. The van der Waals surface area contributed by atoms with Gasteiger partial charge in [0.05, 0.1) is 31.0 Å². The smallest absolute Gasteiger partial charge is 0.320 e. The molecule has 5 N–H and O–H groups in total. The molecule has 1 heterocycles. The number of nitrogens with two attached hydrogens (primary N) is 1. The number of hydrogen-bond donors (Lipinski definition) is 4. The molecular weight excluding hydrogens is 510 g/mol. The fourth-order valence-electron chi connectivity index (χ4n) is 3.94. The quantitative estimate of drug-likeness (QED) is 0.239. The fraction of sp³-hybridized carbons (Fsp3) is 0.704. The lowest BCUT2D eigenvalue weighted by atomic mass is 9.99. The van der Waals surface area contributed by atoms with E-state index in [1.54, 1.807) is 21.6 Å². The number of rotatable bonds is 15. The molecule has 37 heavy (non-hydrogen) atoms. The maximum absolute atomic E-state index is 12.5. The van der Waals surface area contributed by atoms with E-state index in [4.69, 9.17) is 15.2 Å². The second-order valence-electron chi connectivity index (χ2n) is 11.0. The molecule has 1 aliphatic rings. The van der Waals surface area contributed by atoms with Crippen molar-refractivity contribution in [3.63, 3.8) is 0 Å². The Morgan fingerprint density at radius 3 is 2.51 bits per heavy atom. The molecule has 0 spiro atoms. The second kappa shape index (κ2) is 16.0. The van der Waals surface area contributed by atoms with E-state index in [2.05, 4.69) is 31.4 Å². The van der Waals surface area contributed by atoms with Gasteiger partial charge in [-0.3, -0.25) is 9.59 Å². The topological polar surface area (TPSA) is 123 Å². The molecule has 10 heteroatoms. The van der Waals surface area contributed by atoms with E-state index in [9.17, 15) is 14.7 Å². The van der Waals surface area contributed by atoms with Gasteiger partial charge < -0.3 is 30.9 Å². The molecule has 1 amide bonds. The maximum atomic E-state index is 12.5. The molecule has 1 aromatic rings. The average molecular weight is 556 g/mol. The van der Waals surface area contributed by atoms with Crippen molar-refractivity contribution >= 4 is 33.5 Å². The predicted octanol–water partition coefficient (Wildman–Crippen LogP) is 3.83. The number of carboxylic acids is 1. The van der Waals surface area contributed by atoms with Crippen molar-refractivity contribution in [3.05, 3.63) is 35.9 Å². The van der Waals surface area contributed by atoms with Gasteiger partial charge in [0.1, 0.15) is 6.04 Å². The predicted molar refractivity (Wildman–Crippen MR) is 153 cm³/mol. The Morgan fingerprint density at radius 1 is 1.19 bits per heavy atom. The van der Waals surface area contributed by atoms with Crippen LogP contribution in [0.4, 0.5) is 0 Å². The van der Waals surface area contributed by atoms with Crippen molar-refractivity contribution in [3.8, 4) is 0 Å². The summed E-state index contributed by atoms with van der Waals surface area (Å²) in [6.07, 6.45) is 1.31. The molecule has 8 nitrogen and oxygen atoms in total. The number of amides is 1. The van der Waals surface area contributed by atoms with Crippen molar-refractivity contribution in [1.82, 2.24) is 10.6 Å². The molecule has 1 fully saturated rings. The second-order valence-corrected chi connectivity index (χ2v) is 14.1. The molecule has 5 atom stereocenters. The lowest BCUT2D eigenvalue weighted by Gasteiger charge is -2.37. The molecular formula is C27H45N3O5S2. The molecule has 0 aromatic heterocycles. The first-order valence-electron chi connectivity index (χ1n) is 13.1. The molecule has 0 saturated carbocycles. The van der Waals surface area contributed by atoms with Crippen molar-refractivity contribution < 1.29 is 24.2 Å². The molecule has 1 aliphatic heterocycles. The van der Waals surface area contributed by atoms with Gasteiger partial charge in [-0.15, -0.1) is 0 Å². The third-order valence-electron chi connectivity index (χ3n) is 5.83. The number of nitrogens with one attached hydrogen (secondary N) is 2. The van der Waals surface area contributed by atoms with E-state index in [1.165, 1.54) is 0 Å². The van der Waals surface area contributed by atoms with Gasteiger partial charge in [-0.2, -0.15) is 0 Å². The van der Waals surface area contributed by atoms with Crippen molar-refractivity contribution in [2.75, 3.05) is 18.8 Å². The van der Waals surface area contributed by atoms with Gasteiger partial charge in [0.25, 0.3) is 0 Å². The van der Waals surface area contributed by atoms with Crippen LogP contribution in [0.1, 0.15) is 59.4 Å². The SMILES string of the molecule is CC(C)C[C@H](NC[C@H]1O[C@H](CNC(=O)[C@@H](N)CSSC(C)(C)C)CC[C@@H]1OCc1ccccc1)C(=O)O. The Morgan fingerprint density at radius 2 is 1.89 bits per heavy atom. The highest BCUT2D eigenvalue weighted by molar-refractivity contribution is 8.77. The molecule has 1 saturated heterocycles. The van der Waals surface area contributed by atoms with Crippen LogP contribution in [0, 0.1) is 5.92 Å². The Kier molecular flexibility index (Phi) is 13.8. The number of carboxylic acid groups (broad SMARTS) is 1.